The van der Waals surface area contributed by atoms with E-state index in [-0.39, 0.29) is 17.2 Å². The van der Waals surface area contributed by atoms with Gasteiger partial charge in [-0.15, -0.1) is 0 Å². The maximum Gasteiger partial charge on any atom is 0.270 e. The Bertz CT molecular complexity index is 960. The number of anilines is 1. The Morgan fingerprint density at radius 1 is 1.20 bits per heavy atom. The lowest BCUT2D eigenvalue weighted by molar-refractivity contribution is -0.384. The van der Waals surface area contributed by atoms with Crippen molar-refractivity contribution in [2.45, 2.75) is 18.9 Å². The van der Waals surface area contributed by atoms with Gasteiger partial charge < -0.3 is 9.47 Å². The molecule has 0 N–H and O–H groups in total. The molecule has 25 heavy (non-hydrogen) atoms. The van der Waals surface area contributed by atoms with Crippen LogP contribution in [0.5, 0.6) is 0 Å². The number of benzene rings is 1. The standard InChI is InChI=1S/C18H16N4O3/c19-8-13-7-15(22(24)25)4-5-16(13)20-9-12-6-14(11-20)17-2-1-3-18(23)21(17)10-12/h1-5,7,12,14H,6,9-11H2/t12-,14+/m0/s1. The Balaban J connectivity index is 1.70. The van der Waals surface area contributed by atoms with Crippen molar-refractivity contribution in [3.05, 3.63) is 68.1 Å². The third-order valence-electron chi connectivity index (χ3n) is 5.13. The zero-order valence-corrected chi connectivity index (χ0v) is 13.5. The first-order valence-electron chi connectivity index (χ1n) is 8.20. The number of nitro benzene ring substituents is 1. The number of hydrogen-bond acceptors (Lipinski definition) is 5. The average Bonchev–Trinajstić information content (AvgIpc) is 2.62. The van der Waals surface area contributed by atoms with E-state index in [1.165, 1.54) is 12.1 Å². The highest BCUT2D eigenvalue weighted by Crippen LogP contribution is 2.38. The summed E-state index contributed by atoms with van der Waals surface area (Å²) < 4.78 is 1.86. The topological polar surface area (TPSA) is 92.2 Å². The molecule has 2 aromatic rings. The fraction of sp³-hybridized carbons (Fsp3) is 0.333. The Labute approximate surface area is 143 Å². The number of non-ortho nitro benzene ring substituents is 1. The highest BCUT2D eigenvalue weighted by atomic mass is 16.6. The van der Waals surface area contributed by atoms with E-state index in [1.54, 1.807) is 18.2 Å². The van der Waals surface area contributed by atoms with Gasteiger partial charge in [0.2, 0.25) is 0 Å². The second-order valence-corrected chi connectivity index (χ2v) is 6.67. The van der Waals surface area contributed by atoms with Crippen LogP contribution in [0.3, 0.4) is 0 Å². The molecule has 2 aliphatic heterocycles. The van der Waals surface area contributed by atoms with E-state index in [4.69, 9.17) is 0 Å². The summed E-state index contributed by atoms with van der Waals surface area (Å²) in [6, 6.07) is 11.9. The molecule has 0 radical (unpaired) electrons. The van der Waals surface area contributed by atoms with Crippen LogP contribution in [0, 0.1) is 27.4 Å². The molecule has 0 amide bonds. The van der Waals surface area contributed by atoms with Crippen LogP contribution in [0.2, 0.25) is 0 Å². The highest BCUT2D eigenvalue weighted by Gasteiger charge is 2.35. The van der Waals surface area contributed by atoms with Crippen molar-refractivity contribution in [2.24, 2.45) is 5.92 Å². The average molecular weight is 336 g/mol. The minimum atomic E-state index is -0.488. The predicted octanol–water partition coefficient (Wildman–Crippen LogP) is 2.25. The number of aromatic nitrogens is 1. The van der Waals surface area contributed by atoms with E-state index in [9.17, 15) is 20.2 Å². The van der Waals surface area contributed by atoms with Gasteiger partial charge in [0.15, 0.2) is 0 Å². The second-order valence-electron chi connectivity index (χ2n) is 6.67. The van der Waals surface area contributed by atoms with Gasteiger partial charge in [0.05, 0.1) is 16.2 Å². The minimum Gasteiger partial charge on any atom is -0.369 e. The van der Waals surface area contributed by atoms with E-state index in [0.717, 1.165) is 24.3 Å². The zero-order chi connectivity index (χ0) is 17.6. The van der Waals surface area contributed by atoms with Crippen molar-refractivity contribution in [3.63, 3.8) is 0 Å². The highest BCUT2D eigenvalue weighted by molar-refractivity contribution is 5.63. The first-order valence-corrected chi connectivity index (χ1v) is 8.20. The molecule has 2 aliphatic rings. The molecule has 1 aromatic heterocycles. The number of nitrogens with zero attached hydrogens (tertiary/aromatic N) is 4. The maximum absolute atomic E-state index is 12.1. The summed E-state index contributed by atoms with van der Waals surface area (Å²) in [5, 5.41) is 20.3. The number of fused-ring (bicyclic) bond motifs is 4. The van der Waals surface area contributed by atoms with Crippen LogP contribution in [0.15, 0.2) is 41.2 Å². The summed E-state index contributed by atoms with van der Waals surface area (Å²) in [6.45, 7) is 2.12. The van der Waals surface area contributed by atoms with Crippen molar-refractivity contribution in [3.8, 4) is 6.07 Å². The third kappa shape index (κ3) is 2.56. The van der Waals surface area contributed by atoms with Gasteiger partial charge in [0.25, 0.3) is 11.2 Å². The summed E-state index contributed by atoms with van der Waals surface area (Å²) in [7, 11) is 0. The van der Waals surface area contributed by atoms with Gasteiger partial charge in [-0.2, -0.15) is 5.26 Å². The van der Waals surface area contributed by atoms with Gasteiger partial charge in [-0.3, -0.25) is 14.9 Å². The molecule has 0 spiro atoms. The van der Waals surface area contributed by atoms with Gasteiger partial charge in [-0.05, 0) is 24.5 Å². The van der Waals surface area contributed by atoms with Gasteiger partial charge in [-0.25, -0.2) is 0 Å². The molecule has 2 atom stereocenters. The van der Waals surface area contributed by atoms with Crippen LogP contribution in [0.1, 0.15) is 23.6 Å². The molecule has 2 bridgehead atoms. The number of rotatable bonds is 2. The van der Waals surface area contributed by atoms with Crippen molar-refractivity contribution in [1.82, 2.24) is 4.57 Å². The maximum atomic E-state index is 12.1. The number of nitro groups is 1. The lowest BCUT2D eigenvalue weighted by atomic mass is 9.82. The number of pyridine rings is 1. The molecule has 126 valence electrons. The molecule has 0 unspecified atom stereocenters. The fourth-order valence-electron chi connectivity index (χ4n) is 4.10. The molecule has 1 aromatic carbocycles. The quantitative estimate of drug-likeness (QED) is 0.619. The van der Waals surface area contributed by atoms with Gasteiger partial charge in [0.1, 0.15) is 6.07 Å². The van der Waals surface area contributed by atoms with Crippen molar-refractivity contribution in [1.29, 1.82) is 5.26 Å². The van der Waals surface area contributed by atoms with Gasteiger partial charge in [0, 0.05) is 49.4 Å². The smallest absolute Gasteiger partial charge is 0.270 e. The van der Waals surface area contributed by atoms with E-state index >= 15 is 0 Å². The van der Waals surface area contributed by atoms with Crippen LogP contribution in [0.4, 0.5) is 11.4 Å². The molecule has 0 aliphatic carbocycles. The van der Waals surface area contributed by atoms with E-state index < -0.39 is 4.92 Å². The van der Waals surface area contributed by atoms with Gasteiger partial charge in [-0.1, -0.05) is 6.07 Å². The molecule has 7 heteroatoms. The summed E-state index contributed by atoms with van der Waals surface area (Å²) >= 11 is 0. The Hall–Kier alpha value is -3.14. The molecule has 0 saturated carbocycles. The molecule has 7 nitrogen and oxygen atoms in total. The van der Waals surface area contributed by atoms with Crippen LogP contribution in [-0.4, -0.2) is 22.6 Å². The Morgan fingerprint density at radius 3 is 2.80 bits per heavy atom. The molecular formula is C18H16N4O3. The molecule has 3 heterocycles. The van der Waals surface area contributed by atoms with Crippen molar-refractivity contribution < 1.29 is 4.92 Å². The number of piperidine rings is 1. The fourth-order valence-corrected chi connectivity index (χ4v) is 4.10. The molecule has 1 saturated heterocycles. The summed E-state index contributed by atoms with van der Waals surface area (Å²) in [5.41, 5.74) is 2.05. The van der Waals surface area contributed by atoms with E-state index in [0.29, 0.717) is 24.6 Å². The molecular weight excluding hydrogens is 320 g/mol. The minimum absolute atomic E-state index is 0.0358. The Morgan fingerprint density at radius 2 is 2.04 bits per heavy atom. The van der Waals surface area contributed by atoms with Crippen LogP contribution in [0.25, 0.3) is 0 Å². The normalized spacial score (nSPS) is 21.3. The Kier molecular flexibility index (Phi) is 3.53. The lowest BCUT2D eigenvalue weighted by Crippen LogP contribution is -2.47. The molecule has 1 fully saturated rings. The zero-order valence-electron chi connectivity index (χ0n) is 13.5. The summed E-state index contributed by atoms with van der Waals surface area (Å²) in [6.07, 6.45) is 1.02. The van der Waals surface area contributed by atoms with Crippen LogP contribution in [-0.2, 0) is 6.54 Å². The lowest BCUT2D eigenvalue weighted by Gasteiger charge is -2.44. The van der Waals surface area contributed by atoms with E-state index in [1.807, 2.05) is 10.6 Å². The monoisotopic (exact) mass is 336 g/mol. The van der Waals surface area contributed by atoms with Crippen LogP contribution >= 0.6 is 0 Å². The number of hydrogen-bond donors (Lipinski definition) is 0. The largest absolute Gasteiger partial charge is 0.369 e. The molecule has 4 rings (SSSR count). The first kappa shape index (κ1) is 15.4. The van der Waals surface area contributed by atoms with Gasteiger partial charge >= 0.3 is 0 Å². The summed E-state index contributed by atoms with van der Waals surface area (Å²) in [4.78, 5) is 24.7. The second kappa shape index (κ2) is 5.74. The number of nitriles is 1. The SMILES string of the molecule is N#Cc1cc([N+](=O)[O-])ccc1N1C[C@@H]2C[C@H](C1)c1cccc(=O)n1C2. The van der Waals surface area contributed by atoms with E-state index in [2.05, 4.69) is 11.0 Å². The van der Waals surface area contributed by atoms with Crippen molar-refractivity contribution >= 4 is 11.4 Å². The van der Waals surface area contributed by atoms with Crippen molar-refractivity contribution in [2.75, 3.05) is 18.0 Å². The third-order valence-corrected chi connectivity index (χ3v) is 5.13. The predicted molar refractivity (Wildman–Crippen MR) is 91.6 cm³/mol. The summed E-state index contributed by atoms with van der Waals surface area (Å²) in [5.74, 6) is 0.552. The first-order chi connectivity index (χ1) is 12.1. The van der Waals surface area contributed by atoms with Crippen LogP contribution < -0.4 is 10.5 Å².